The predicted octanol–water partition coefficient (Wildman–Crippen LogP) is 3.12. The Hall–Kier alpha value is -1.06. The maximum atomic E-state index is 12.1. The third-order valence-corrected chi connectivity index (χ3v) is 4.66. The van der Waals surface area contributed by atoms with E-state index in [2.05, 4.69) is 11.9 Å². The Balaban J connectivity index is 1.63. The molecule has 3 atom stereocenters. The number of fused-ring (bicyclic) bond motifs is 2. The van der Waals surface area contributed by atoms with Crippen LogP contribution in [-0.2, 0) is 4.74 Å². The Morgan fingerprint density at radius 2 is 1.79 bits per heavy atom. The van der Waals surface area contributed by atoms with E-state index in [0.717, 1.165) is 12.8 Å². The van der Waals surface area contributed by atoms with Crippen LogP contribution >= 0.6 is 11.6 Å². The summed E-state index contributed by atoms with van der Waals surface area (Å²) in [6.45, 7) is 0. The molecule has 0 amide bonds. The van der Waals surface area contributed by atoms with E-state index in [1.54, 1.807) is 24.3 Å². The van der Waals surface area contributed by atoms with Crippen molar-refractivity contribution in [1.29, 1.82) is 0 Å². The maximum Gasteiger partial charge on any atom is 0.338 e. The number of ether oxygens (including phenoxy) is 1. The lowest BCUT2D eigenvalue weighted by atomic mass is 10.0. The van der Waals surface area contributed by atoms with Crippen molar-refractivity contribution >= 4 is 17.6 Å². The molecule has 2 fully saturated rings. The molecule has 3 nitrogen and oxygen atoms in total. The number of carbonyl (C=O) groups excluding carboxylic acids is 1. The zero-order valence-corrected chi connectivity index (χ0v) is 11.8. The van der Waals surface area contributed by atoms with Gasteiger partial charge in [-0.05, 0) is 44.2 Å². The standard InChI is InChI=1S/C15H18ClNO2/c1-17-12-6-7-13(17)9-14(8-12)19-15(18)10-2-4-11(16)5-3-10/h2-5,12-14H,6-9H2,1H3/t12-,13+,14+. The van der Waals surface area contributed by atoms with Gasteiger partial charge in [0.1, 0.15) is 6.10 Å². The monoisotopic (exact) mass is 279 g/mol. The Labute approximate surface area is 118 Å². The van der Waals surface area contributed by atoms with Gasteiger partial charge in [-0.3, -0.25) is 0 Å². The molecule has 2 aliphatic heterocycles. The van der Waals surface area contributed by atoms with Gasteiger partial charge in [0, 0.05) is 29.9 Å². The van der Waals surface area contributed by atoms with E-state index in [-0.39, 0.29) is 12.1 Å². The summed E-state index contributed by atoms with van der Waals surface area (Å²) < 4.78 is 5.64. The number of halogens is 1. The molecule has 0 spiro atoms. The molecule has 1 aromatic rings. The molecule has 102 valence electrons. The molecular formula is C15H18ClNO2. The van der Waals surface area contributed by atoms with Crippen molar-refractivity contribution in [2.75, 3.05) is 7.05 Å². The number of rotatable bonds is 2. The predicted molar refractivity (Wildman–Crippen MR) is 74.5 cm³/mol. The van der Waals surface area contributed by atoms with Gasteiger partial charge < -0.3 is 9.64 Å². The van der Waals surface area contributed by atoms with Crippen LogP contribution in [0.2, 0.25) is 5.02 Å². The van der Waals surface area contributed by atoms with E-state index in [0.29, 0.717) is 22.7 Å². The molecule has 0 aliphatic carbocycles. The van der Waals surface area contributed by atoms with Crippen molar-refractivity contribution < 1.29 is 9.53 Å². The van der Waals surface area contributed by atoms with Gasteiger partial charge in [0.15, 0.2) is 0 Å². The van der Waals surface area contributed by atoms with Crippen molar-refractivity contribution in [3.8, 4) is 0 Å². The van der Waals surface area contributed by atoms with Crippen LogP contribution in [0.3, 0.4) is 0 Å². The van der Waals surface area contributed by atoms with Crippen LogP contribution in [0.25, 0.3) is 0 Å². The summed E-state index contributed by atoms with van der Waals surface area (Å²) in [6.07, 6.45) is 4.46. The summed E-state index contributed by atoms with van der Waals surface area (Å²) in [5.41, 5.74) is 0.579. The zero-order valence-electron chi connectivity index (χ0n) is 11.0. The minimum Gasteiger partial charge on any atom is -0.459 e. The Morgan fingerprint density at radius 3 is 2.37 bits per heavy atom. The quantitative estimate of drug-likeness (QED) is 0.779. The summed E-state index contributed by atoms with van der Waals surface area (Å²) >= 11 is 5.81. The van der Waals surface area contributed by atoms with Crippen LogP contribution in [0.15, 0.2) is 24.3 Å². The minimum atomic E-state index is -0.231. The molecule has 4 heteroatoms. The van der Waals surface area contributed by atoms with Crippen LogP contribution in [0.4, 0.5) is 0 Å². The average molecular weight is 280 g/mol. The topological polar surface area (TPSA) is 29.5 Å². The average Bonchev–Trinajstić information content (AvgIpc) is 2.63. The fourth-order valence-corrected chi connectivity index (χ4v) is 3.39. The summed E-state index contributed by atoms with van der Waals surface area (Å²) in [4.78, 5) is 14.5. The molecule has 19 heavy (non-hydrogen) atoms. The van der Waals surface area contributed by atoms with Crippen molar-refractivity contribution in [2.45, 2.75) is 43.9 Å². The number of nitrogens with zero attached hydrogens (tertiary/aromatic N) is 1. The Morgan fingerprint density at radius 1 is 1.21 bits per heavy atom. The number of piperidine rings is 1. The van der Waals surface area contributed by atoms with E-state index in [1.165, 1.54) is 12.8 Å². The molecular weight excluding hydrogens is 262 g/mol. The molecule has 2 aliphatic rings. The SMILES string of the molecule is CN1[C@@H]2CC[C@H]1C[C@@H](OC(=O)c1ccc(Cl)cc1)C2. The molecule has 0 saturated carbocycles. The smallest absolute Gasteiger partial charge is 0.338 e. The summed E-state index contributed by atoms with van der Waals surface area (Å²) in [7, 11) is 2.18. The first-order valence-corrected chi connectivity index (χ1v) is 7.20. The molecule has 1 aromatic carbocycles. The minimum absolute atomic E-state index is 0.0666. The number of hydrogen-bond donors (Lipinski definition) is 0. The van der Waals surface area contributed by atoms with Gasteiger partial charge in [0.25, 0.3) is 0 Å². The van der Waals surface area contributed by atoms with Gasteiger partial charge in [-0.15, -0.1) is 0 Å². The Kier molecular flexibility index (Phi) is 3.50. The number of esters is 1. The Bertz CT molecular complexity index is 460. The second kappa shape index (κ2) is 5.14. The molecule has 2 bridgehead atoms. The van der Waals surface area contributed by atoms with Gasteiger partial charge in [-0.25, -0.2) is 4.79 Å². The fraction of sp³-hybridized carbons (Fsp3) is 0.533. The number of carbonyl (C=O) groups is 1. The summed E-state index contributed by atoms with van der Waals surface area (Å²) in [6, 6.07) is 8.04. The van der Waals surface area contributed by atoms with E-state index >= 15 is 0 Å². The van der Waals surface area contributed by atoms with Crippen LogP contribution in [0, 0.1) is 0 Å². The molecule has 0 N–H and O–H groups in total. The second-order valence-corrected chi connectivity index (χ2v) is 5.99. The lowest BCUT2D eigenvalue weighted by Gasteiger charge is -2.35. The van der Waals surface area contributed by atoms with E-state index in [4.69, 9.17) is 16.3 Å². The zero-order chi connectivity index (χ0) is 13.4. The molecule has 2 heterocycles. The van der Waals surface area contributed by atoms with Crippen LogP contribution in [0.1, 0.15) is 36.0 Å². The maximum absolute atomic E-state index is 12.1. The fourth-order valence-electron chi connectivity index (χ4n) is 3.26. The highest BCUT2D eigenvalue weighted by atomic mass is 35.5. The molecule has 2 saturated heterocycles. The van der Waals surface area contributed by atoms with Crippen LogP contribution < -0.4 is 0 Å². The van der Waals surface area contributed by atoms with Crippen molar-refractivity contribution in [1.82, 2.24) is 4.90 Å². The summed E-state index contributed by atoms with van der Waals surface area (Å²) in [5, 5.41) is 0.633. The van der Waals surface area contributed by atoms with Crippen molar-refractivity contribution in [3.63, 3.8) is 0 Å². The molecule has 3 rings (SSSR count). The highest BCUT2D eigenvalue weighted by molar-refractivity contribution is 6.30. The molecule has 0 aromatic heterocycles. The molecule has 0 radical (unpaired) electrons. The second-order valence-electron chi connectivity index (χ2n) is 5.56. The third-order valence-electron chi connectivity index (χ3n) is 4.41. The third kappa shape index (κ3) is 2.63. The van der Waals surface area contributed by atoms with E-state index in [1.807, 2.05) is 0 Å². The molecule has 0 unspecified atom stereocenters. The first-order valence-electron chi connectivity index (χ1n) is 6.82. The highest BCUT2D eigenvalue weighted by Gasteiger charge is 2.39. The van der Waals surface area contributed by atoms with Gasteiger partial charge in [-0.1, -0.05) is 11.6 Å². The van der Waals surface area contributed by atoms with Gasteiger partial charge in [-0.2, -0.15) is 0 Å². The van der Waals surface area contributed by atoms with Gasteiger partial charge in [0.2, 0.25) is 0 Å². The van der Waals surface area contributed by atoms with Crippen LogP contribution in [-0.4, -0.2) is 36.1 Å². The largest absolute Gasteiger partial charge is 0.459 e. The highest BCUT2D eigenvalue weighted by Crippen LogP contribution is 2.35. The summed E-state index contributed by atoms with van der Waals surface area (Å²) in [5.74, 6) is -0.231. The lowest BCUT2D eigenvalue weighted by Crippen LogP contribution is -2.43. The van der Waals surface area contributed by atoms with E-state index < -0.39 is 0 Å². The number of benzene rings is 1. The van der Waals surface area contributed by atoms with Crippen molar-refractivity contribution in [3.05, 3.63) is 34.9 Å². The first-order chi connectivity index (χ1) is 9.13. The van der Waals surface area contributed by atoms with Gasteiger partial charge >= 0.3 is 5.97 Å². The number of hydrogen-bond acceptors (Lipinski definition) is 3. The van der Waals surface area contributed by atoms with E-state index in [9.17, 15) is 4.79 Å². The normalized spacial score (nSPS) is 30.3. The van der Waals surface area contributed by atoms with Crippen LogP contribution in [0.5, 0.6) is 0 Å². The lowest BCUT2D eigenvalue weighted by molar-refractivity contribution is -0.000446. The van der Waals surface area contributed by atoms with Crippen molar-refractivity contribution in [2.24, 2.45) is 0 Å². The first kappa shape index (κ1) is 12.9. The van der Waals surface area contributed by atoms with Gasteiger partial charge in [0.05, 0.1) is 5.56 Å².